The number of carbonyl (C=O) groups excluding carboxylic acids is 1. The van der Waals surface area contributed by atoms with Gasteiger partial charge in [0.15, 0.2) is 5.82 Å². The summed E-state index contributed by atoms with van der Waals surface area (Å²) in [6.45, 7) is 4.77. The molecule has 1 aromatic carbocycles. The number of urea groups is 1. The maximum absolute atomic E-state index is 12.8. The van der Waals surface area contributed by atoms with Gasteiger partial charge in [-0.25, -0.2) is 17.9 Å². The zero-order valence-electron chi connectivity index (χ0n) is 17.2. The van der Waals surface area contributed by atoms with Crippen molar-refractivity contribution >= 4 is 16.1 Å². The number of nitrogens with zero attached hydrogens (tertiary/aromatic N) is 3. The van der Waals surface area contributed by atoms with Crippen LogP contribution in [0.5, 0.6) is 0 Å². The molecule has 1 aliphatic carbocycles. The fourth-order valence-electron chi connectivity index (χ4n) is 4.67. The van der Waals surface area contributed by atoms with Gasteiger partial charge in [-0.15, -0.1) is 0 Å². The molecule has 1 saturated heterocycles. The van der Waals surface area contributed by atoms with Crippen LogP contribution in [0, 0.1) is 12.8 Å². The maximum atomic E-state index is 12.8. The van der Waals surface area contributed by atoms with Crippen molar-refractivity contribution in [2.75, 3.05) is 18.8 Å². The summed E-state index contributed by atoms with van der Waals surface area (Å²) < 4.78 is 32.5. The highest BCUT2D eigenvalue weighted by Gasteiger charge is 2.58. The van der Waals surface area contributed by atoms with E-state index in [0.29, 0.717) is 44.2 Å². The molecule has 0 spiro atoms. The molecular formula is C20H27N5O4S. The lowest BCUT2D eigenvalue weighted by Gasteiger charge is -2.25. The zero-order valence-corrected chi connectivity index (χ0v) is 18.0. The lowest BCUT2D eigenvalue weighted by molar-refractivity contribution is 0.199. The van der Waals surface area contributed by atoms with Crippen molar-refractivity contribution in [3.8, 4) is 0 Å². The van der Waals surface area contributed by atoms with E-state index in [2.05, 4.69) is 20.2 Å². The normalized spacial score (nSPS) is 26.0. The van der Waals surface area contributed by atoms with Gasteiger partial charge < -0.3 is 14.7 Å². The summed E-state index contributed by atoms with van der Waals surface area (Å²) in [6, 6.07) is 9.39. The molecule has 2 fully saturated rings. The quantitative estimate of drug-likeness (QED) is 0.714. The molecule has 0 bridgehead atoms. The van der Waals surface area contributed by atoms with Crippen molar-refractivity contribution in [2.24, 2.45) is 5.92 Å². The average Bonchev–Trinajstić information content (AvgIpc) is 3.39. The first-order valence-corrected chi connectivity index (χ1v) is 11.8. The van der Waals surface area contributed by atoms with Crippen LogP contribution in [0.3, 0.4) is 0 Å². The summed E-state index contributed by atoms with van der Waals surface area (Å²) in [5.41, 5.74) is 0.494. The predicted octanol–water partition coefficient (Wildman–Crippen LogP) is 1.56. The topological polar surface area (TPSA) is 117 Å². The molecule has 1 saturated carbocycles. The van der Waals surface area contributed by atoms with Gasteiger partial charge in [0, 0.05) is 25.7 Å². The van der Waals surface area contributed by atoms with Crippen LogP contribution in [0.1, 0.15) is 37.0 Å². The predicted molar refractivity (Wildman–Crippen MR) is 110 cm³/mol. The molecule has 0 radical (unpaired) electrons. The number of hydrogen-bond acceptors (Lipinski definition) is 6. The SMILES string of the molecule is CCS(=O)(=O)NC1CC2CN(C(=O)NCc3ccccc3)CC2(c2nc(C)no2)C1. The third kappa shape index (κ3) is 4.06. The highest BCUT2D eigenvalue weighted by atomic mass is 32.2. The minimum Gasteiger partial charge on any atom is -0.339 e. The third-order valence-electron chi connectivity index (χ3n) is 6.13. The second kappa shape index (κ2) is 7.99. The summed E-state index contributed by atoms with van der Waals surface area (Å²) in [5.74, 6) is 1.10. The molecule has 2 N–H and O–H groups in total. The van der Waals surface area contributed by atoms with E-state index in [1.165, 1.54) is 0 Å². The van der Waals surface area contributed by atoms with E-state index in [9.17, 15) is 13.2 Å². The lowest BCUT2D eigenvalue weighted by atomic mass is 9.80. The number of fused-ring (bicyclic) bond motifs is 1. The van der Waals surface area contributed by atoms with Gasteiger partial charge in [-0.2, -0.15) is 4.98 Å². The van der Waals surface area contributed by atoms with E-state index >= 15 is 0 Å². The maximum Gasteiger partial charge on any atom is 0.317 e. The van der Waals surface area contributed by atoms with Crippen LogP contribution in [-0.4, -0.2) is 54.4 Å². The number of carbonyl (C=O) groups is 1. The Morgan fingerprint density at radius 1 is 1.33 bits per heavy atom. The van der Waals surface area contributed by atoms with E-state index < -0.39 is 15.4 Å². The summed E-state index contributed by atoms with van der Waals surface area (Å²) in [4.78, 5) is 19.0. The fraction of sp³-hybridized carbons (Fsp3) is 0.550. The van der Waals surface area contributed by atoms with Crippen molar-refractivity contribution in [1.82, 2.24) is 25.1 Å². The molecule has 2 aromatic rings. The number of hydrogen-bond donors (Lipinski definition) is 2. The average molecular weight is 434 g/mol. The minimum atomic E-state index is -3.32. The van der Waals surface area contributed by atoms with E-state index in [1.807, 2.05) is 30.3 Å². The zero-order chi connectivity index (χ0) is 21.4. The van der Waals surface area contributed by atoms with Crippen LogP contribution < -0.4 is 10.0 Å². The number of aromatic nitrogens is 2. The number of sulfonamides is 1. The van der Waals surface area contributed by atoms with Crippen LogP contribution in [-0.2, 0) is 22.0 Å². The van der Waals surface area contributed by atoms with Gasteiger partial charge in [-0.1, -0.05) is 35.5 Å². The van der Waals surface area contributed by atoms with Crippen LogP contribution in [0.2, 0.25) is 0 Å². The van der Waals surface area contributed by atoms with Crippen molar-refractivity contribution in [2.45, 2.75) is 44.7 Å². The molecule has 162 valence electrons. The van der Waals surface area contributed by atoms with E-state index in [-0.39, 0.29) is 23.7 Å². The van der Waals surface area contributed by atoms with E-state index in [0.717, 1.165) is 5.56 Å². The number of rotatable bonds is 6. The summed E-state index contributed by atoms with van der Waals surface area (Å²) in [6.07, 6.45) is 1.16. The van der Waals surface area contributed by atoms with Crippen molar-refractivity contribution in [3.63, 3.8) is 0 Å². The van der Waals surface area contributed by atoms with Crippen LogP contribution in [0.4, 0.5) is 4.79 Å². The van der Waals surface area contributed by atoms with Gasteiger partial charge in [0.2, 0.25) is 15.9 Å². The van der Waals surface area contributed by atoms with Gasteiger partial charge in [-0.05, 0) is 38.2 Å². The second-order valence-corrected chi connectivity index (χ2v) is 10.2. The molecule has 1 aliphatic heterocycles. The molecule has 2 amide bonds. The third-order valence-corrected chi connectivity index (χ3v) is 7.58. The Morgan fingerprint density at radius 3 is 2.77 bits per heavy atom. The minimum absolute atomic E-state index is 0.0366. The van der Waals surface area contributed by atoms with Gasteiger partial charge >= 0.3 is 6.03 Å². The van der Waals surface area contributed by atoms with Crippen molar-refractivity contribution in [3.05, 3.63) is 47.6 Å². The second-order valence-electron chi connectivity index (χ2n) is 8.18. The summed E-state index contributed by atoms with van der Waals surface area (Å²) in [7, 11) is -3.32. The Bertz CT molecular complexity index is 1010. The Hall–Kier alpha value is -2.46. The Kier molecular flexibility index (Phi) is 5.54. The van der Waals surface area contributed by atoms with Crippen molar-refractivity contribution < 1.29 is 17.7 Å². The van der Waals surface area contributed by atoms with Crippen LogP contribution in [0.15, 0.2) is 34.9 Å². The molecule has 3 unspecified atom stereocenters. The summed E-state index contributed by atoms with van der Waals surface area (Å²) in [5, 5.41) is 6.91. The largest absolute Gasteiger partial charge is 0.339 e. The van der Waals surface area contributed by atoms with Gasteiger partial charge in [0.25, 0.3) is 0 Å². The number of nitrogens with one attached hydrogen (secondary N) is 2. The molecule has 4 rings (SSSR count). The number of aryl methyl sites for hydroxylation is 1. The molecule has 2 aliphatic rings. The van der Waals surface area contributed by atoms with Gasteiger partial charge in [-0.3, -0.25) is 0 Å². The number of benzene rings is 1. The van der Waals surface area contributed by atoms with Crippen LogP contribution in [0.25, 0.3) is 0 Å². The Labute approximate surface area is 176 Å². The molecule has 2 heterocycles. The summed E-state index contributed by atoms with van der Waals surface area (Å²) >= 11 is 0. The molecule has 30 heavy (non-hydrogen) atoms. The van der Waals surface area contributed by atoms with Crippen LogP contribution >= 0.6 is 0 Å². The highest BCUT2D eigenvalue weighted by molar-refractivity contribution is 7.89. The number of amides is 2. The first-order chi connectivity index (χ1) is 14.3. The standard InChI is InChI=1S/C20H27N5O4S/c1-3-30(27,28)24-17-9-16-12-25(19(26)21-11-15-7-5-4-6-8-15)13-20(16,10-17)18-22-14(2)23-29-18/h4-8,16-17,24H,3,9-13H2,1-2H3,(H,21,26). The lowest BCUT2D eigenvalue weighted by Crippen LogP contribution is -2.42. The molecular weight excluding hydrogens is 406 g/mol. The molecule has 3 atom stereocenters. The molecule has 1 aromatic heterocycles. The first kappa shape index (κ1) is 20.8. The smallest absolute Gasteiger partial charge is 0.317 e. The van der Waals surface area contributed by atoms with Gasteiger partial charge in [0.1, 0.15) is 0 Å². The Morgan fingerprint density at radius 2 is 2.10 bits per heavy atom. The highest BCUT2D eigenvalue weighted by Crippen LogP contribution is 2.50. The van der Waals surface area contributed by atoms with Gasteiger partial charge in [0.05, 0.1) is 11.2 Å². The van der Waals surface area contributed by atoms with E-state index in [4.69, 9.17) is 4.52 Å². The monoisotopic (exact) mass is 433 g/mol. The van der Waals surface area contributed by atoms with Crippen molar-refractivity contribution in [1.29, 1.82) is 0 Å². The molecule has 9 nitrogen and oxygen atoms in total. The molecule has 10 heteroatoms. The fourth-order valence-corrected chi connectivity index (χ4v) is 5.52. The first-order valence-electron chi connectivity index (χ1n) is 10.2. The number of likely N-dealkylation sites (tertiary alicyclic amines) is 1. The Balaban J connectivity index is 1.50. The van der Waals surface area contributed by atoms with E-state index in [1.54, 1.807) is 18.7 Å².